The summed E-state index contributed by atoms with van der Waals surface area (Å²) in [4.78, 5) is 31.8. The van der Waals surface area contributed by atoms with Crippen LogP contribution in [0.15, 0.2) is 54.9 Å². The molecule has 0 radical (unpaired) electrons. The quantitative estimate of drug-likeness (QED) is 0.497. The second kappa shape index (κ2) is 6.36. The van der Waals surface area contributed by atoms with Crippen molar-refractivity contribution in [1.29, 1.82) is 0 Å². The highest BCUT2D eigenvalue weighted by molar-refractivity contribution is 6.40. The van der Waals surface area contributed by atoms with E-state index >= 15 is 0 Å². The van der Waals surface area contributed by atoms with Crippen LogP contribution in [0.2, 0.25) is 0 Å². The lowest BCUT2D eigenvalue weighted by Crippen LogP contribution is -2.35. The van der Waals surface area contributed by atoms with Gasteiger partial charge in [-0.2, -0.15) is 0 Å². The van der Waals surface area contributed by atoms with Crippen LogP contribution in [0.1, 0.15) is 11.4 Å². The van der Waals surface area contributed by atoms with Crippen molar-refractivity contribution in [2.45, 2.75) is 13.5 Å². The van der Waals surface area contributed by atoms with Crippen molar-refractivity contribution in [1.82, 2.24) is 19.7 Å². The average Bonchev–Trinajstić information content (AvgIpc) is 3.27. The van der Waals surface area contributed by atoms with Gasteiger partial charge < -0.3 is 20.0 Å². The number of aromatic amines is 1. The molecule has 3 N–H and O–H groups in total. The van der Waals surface area contributed by atoms with Crippen molar-refractivity contribution in [3.05, 3.63) is 66.2 Å². The van der Waals surface area contributed by atoms with Crippen LogP contribution < -0.4 is 10.6 Å². The van der Waals surface area contributed by atoms with E-state index in [2.05, 4.69) is 20.6 Å². The average molecular weight is 347 g/mol. The summed E-state index contributed by atoms with van der Waals surface area (Å²) >= 11 is 0. The number of nitrogens with zero attached hydrogens (tertiary/aromatic N) is 2. The first-order chi connectivity index (χ1) is 12.6. The number of carbonyl (C=O) groups excluding carboxylic acids is 2. The van der Waals surface area contributed by atoms with E-state index in [0.717, 1.165) is 22.2 Å². The van der Waals surface area contributed by atoms with Crippen LogP contribution in [0.3, 0.4) is 0 Å². The molecular weight excluding hydrogens is 330 g/mol. The molecule has 0 unspecified atom stereocenters. The summed E-state index contributed by atoms with van der Waals surface area (Å²) in [7, 11) is 0. The number of imidazole rings is 1. The Hall–Kier alpha value is -3.61. The van der Waals surface area contributed by atoms with Gasteiger partial charge >= 0.3 is 11.8 Å². The number of H-pyrrole nitrogens is 1. The second-order valence-corrected chi connectivity index (χ2v) is 6.01. The third-order valence-corrected chi connectivity index (χ3v) is 4.23. The molecule has 4 rings (SSSR count). The number of rotatable bonds is 3. The molecule has 0 atom stereocenters. The zero-order valence-electron chi connectivity index (χ0n) is 14.1. The summed E-state index contributed by atoms with van der Waals surface area (Å²) < 4.78 is 1.94. The molecule has 0 aliphatic heterocycles. The number of pyridine rings is 1. The molecule has 0 saturated heterocycles. The summed E-state index contributed by atoms with van der Waals surface area (Å²) in [6.07, 6.45) is 3.63. The minimum Gasteiger partial charge on any atom is -0.361 e. The van der Waals surface area contributed by atoms with Gasteiger partial charge in [-0.05, 0) is 37.3 Å². The fraction of sp³-hybridized carbons (Fsp3) is 0.105. The lowest BCUT2D eigenvalue weighted by atomic mass is 10.2. The van der Waals surface area contributed by atoms with Gasteiger partial charge in [-0.1, -0.05) is 12.1 Å². The van der Waals surface area contributed by atoms with Crippen LogP contribution in [-0.4, -0.2) is 26.2 Å². The molecule has 0 aliphatic rings. The highest BCUT2D eigenvalue weighted by Gasteiger charge is 2.15. The number of anilines is 1. The molecule has 2 amide bonds. The number of amides is 2. The van der Waals surface area contributed by atoms with E-state index in [1.807, 2.05) is 53.9 Å². The Labute approximate surface area is 149 Å². The van der Waals surface area contributed by atoms with Crippen LogP contribution >= 0.6 is 0 Å². The van der Waals surface area contributed by atoms with E-state index < -0.39 is 11.8 Å². The maximum atomic E-state index is 12.2. The molecule has 3 aromatic heterocycles. The molecule has 26 heavy (non-hydrogen) atoms. The van der Waals surface area contributed by atoms with Gasteiger partial charge in [0.15, 0.2) is 0 Å². The Morgan fingerprint density at radius 1 is 1.12 bits per heavy atom. The van der Waals surface area contributed by atoms with Crippen LogP contribution in [-0.2, 0) is 16.1 Å². The number of nitrogens with one attached hydrogen (secondary N) is 3. The smallest absolute Gasteiger partial charge is 0.313 e. The number of hydrogen-bond donors (Lipinski definition) is 3. The molecule has 0 aliphatic carbocycles. The number of hydrogen-bond acceptors (Lipinski definition) is 3. The number of carbonyl (C=O) groups is 2. The van der Waals surface area contributed by atoms with E-state index in [4.69, 9.17) is 0 Å². The normalized spacial score (nSPS) is 11.0. The molecule has 0 spiro atoms. The number of aryl methyl sites for hydroxylation is 1. The number of aromatic nitrogens is 3. The molecule has 130 valence electrons. The summed E-state index contributed by atoms with van der Waals surface area (Å²) in [6, 6.07) is 13.1. The molecular formula is C19H17N5O2. The van der Waals surface area contributed by atoms with Crippen molar-refractivity contribution in [2.75, 3.05) is 5.32 Å². The summed E-state index contributed by atoms with van der Waals surface area (Å²) in [5.74, 6) is -1.41. The van der Waals surface area contributed by atoms with Gasteiger partial charge in [0.2, 0.25) is 0 Å². The van der Waals surface area contributed by atoms with E-state index in [0.29, 0.717) is 11.4 Å². The first-order valence-electron chi connectivity index (χ1n) is 8.21. The van der Waals surface area contributed by atoms with E-state index in [-0.39, 0.29) is 6.54 Å². The van der Waals surface area contributed by atoms with Gasteiger partial charge in [-0.25, -0.2) is 4.98 Å². The van der Waals surface area contributed by atoms with Gasteiger partial charge in [0.05, 0.1) is 17.9 Å². The van der Waals surface area contributed by atoms with Crippen molar-refractivity contribution < 1.29 is 9.59 Å². The molecule has 1 aromatic carbocycles. The Bertz CT molecular complexity index is 1130. The van der Waals surface area contributed by atoms with Crippen molar-refractivity contribution in [2.24, 2.45) is 0 Å². The number of fused-ring (bicyclic) bond motifs is 2. The van der Waals surface area contributed by atoms with Gasteiger partial charge in [-0.15, -0.1) is 0 Å². The fourth-order valence-corrected chi connectivity index (χ4v) is 2.91. The van der Waals surface area contributed by atoms with Crippen molar-refractivity contribution in [3.63, 3.8) is 0 Å². The molecule has 0 bridgehead atoms. The Balaban J connectivity index is 1.43. The van der Waals surface area contributed by atoms with Crippen LogP contribution in [0, 0.1) is 6.92 Å². The standard InChI is InChI=1S/C19H17N5O2/c1-12-4-2-7-17-22-13(11-24(12)17)10-21-18(25)19(26)23-16-6-3-5-15-14(16)8-9-20-15/h2-9,11,20H,10H2,1H3,(H,21,25)(H,23,26). The fourth-order valence-electron chi connectivity index (χ4n) is 2.91. The molecule has 3 heterocycles. The van der Waals surface area contributed by atoms with Crippen LogP contribution in [0.4, 0.5) is 5.69 Å². The number of benzene rings is 1. The predicted octanol–water partition coefficient (Wildman–Crippen LogP) is 2.38. The molecule has 7 heteroatoms. The van der Waals surface area contributed by atoms with Crippen molar-refractivity contribution in [3.8, 4) is 0 Å². The SMILES string of the molecule is Cc1cccc2nc(CNC(=O)C(=O)Nc3cccc4[nH]ccc34)cn12. The molecule has 7 nitrogen and oxygen atoms in total. The largest absolute Gasteiger partial charge is 0.361 e. The van der Waals surface area contributed by atoms with Gasteiger partial charge in [-0.3, -0.25) is 9.59 Å². The maximum absolute atomic E-state index is 12.2. The highest BCUT2D eigenvalue weighted by atomic mass is 16.2. The first kappa shape index (κ1) is 15.9. The van der Waals surface area contributed by atoms with Gasteiger partial charge in [0.25, 0.3) is 0 Å². The maximum Gasteiger partial charge on any atom is 0.313 e. The third kappa shape index (κ3) is 2.90. The van der Waals surface area contributed by atoms with Gasteiger partial charge in [0.1, 0.15) is 5.65 Å². The highest BCUT2D eigenvalue weighted by Crippen LogP contribution is 2.21. The third-order valence-electron chi connectivity index (χ3n) is 4.23. The molecule has 0 fully saturated rings. The summed E-state index contributed by atoms with van der Waals surface area (Å²) in [5, 5.41) is 6.10. The second-order valence-electron chi connectivity index (χ2n) is 6.01. The Kier molecular flexibility index (Phi) is 3.89. The van der Waals surface area contributed by atoms with E-state index in [9.17, 15) is 9.59 Å². The Morgan fingerprint density at radius 2 is 1.96 bits per heavy atom. The van der Waals surface area contributed by atoms with E-state index in [1.165, 1.54) is 0 Å². The zero-order valence-corrected chi connectivity index (χ0v) is 14.1. The molecule has 4 aromatic rings. The van der Waals surface area contributed by atoms with E-state index in [1.54, 1.807) is 12.3 Å². The van der Waals surface area contributed by atoms with Crippen molar-refractivity contribution >= 4 is 34.1 Å². The predicted molar refractivity (Wildman–Crippen MR) is 98.7 cm³/mol. The lowest BCUT2D eigenvalue weighted by molar-refractivity contribution is -0.136. The minimum atomic E-state index is -0.710. The first-order valence-corrected chi connectivity index (χ1v) is 8.21. The van der Waals surface area contributed by atoms with Crippen LogP contribution in [0.5, 0.6) is 0 Å². The summed E-state index contributed by atoms with van der Waals surface area (Å²) in [6.45, 7) is 2.16. The topological polar surface area (TPSA) is 91.3 Å². The summed E-state index contributed by atoms with van der Waals surface area (Å²) in [5.41, 5.74) is 4.02. The lowest BCUT2D eigenvalue weighted by Gasteiger charge is -2.06. The van der Waals surface area contributed by atoms with Gasteiger partial charge in [0, 0.05) is 29.0 Å². The molecule has 0 saturated carbocycles. The van der Waals surface area contributed by atoms with Crippen LogP contribution in [0.25, 0.3) is 16.6 Å². The minimum absolute atomic E-state index is 0.182. The zero-order chi connectivity index (χ0) is 18.1. The monoisotopic (exact) mass is 347 g/mol. The Morgan fingerprint density at radius 3 is 2.81 bits per heavy atom.